The van der Waals surface area contributed by atoms with E-state index >= 15 is 0 Å². The van der Waals surface area contributed by atoms with E-state index in [1.54, 1.807) is 17.0 Å². The maximum absolute atomic E-state index is 11.9. The Labute approximate surface area is 124 Å². The molecule has 1 fully saturated rings. The van der Waals surface area contributed by atoms with Gasteiger partial charge in [0.2, 0.25) is 10.0 Å². The number of carbonyl (C=O) groups is 1. The molecule has 114 valence electrons. The third-order valence-corrected chi connectivity index (χ3v) is 4.67. The Balaban J connectivity index is 2.01. The smallest absolute Gasteiger partial charge is 0.321 e. The molecule has 21 heavy (non-hydrogen) atoms. The lowest BCUT2D eigenvalue weighted by atomic mass is 10.3. The van der Waals surface area contributed by atoms with Crippen molar-refractivity contribution in [1.29, 1.82) is 0 Å². The Kier molecular flexibility index (Phi) is 4.98. The Morgan fingerprint density at radius 3 is 2.43 bits per heavy atom. The molecule has 0 bridgehead atoms. The van der Waals surface area contributed by atoms with E-state index in [0.717, 1.165) is 25.9 Å². The number of nitrogens with zero attached hydrogens (tertiary/aromatic N) is 1. The molecule has 2 rings (SSSR count). The summed E-state index contributed by atoms with van der Waals surface area (Å²) in [6, 6.07) is 5.94. The third-order valence-electron chi connectivity index (χ3n) is 3.23. The SMILES string of the molecule is C=CCNS(=O)(=O)c1ccc(NC(=O)N2CCCC2)cc1. The minimum absolute atomic E-state index is 0.145. The summed E-state index contributed by atoms with van der Waals surface area (Å²) in [6.07, 6.45) is 3.53. The van der Waals surface area contributed by atoms with Gasteiger partial charge in [0.1, 0.15) is 0 Å². The number of urea groups is 1. The first-order valence-electron chi connectivity index (χ1n) is 6.79. The molecule has 7 heteroatoms. The molecule has 1 aromatic carbocycles. The number of hydrogen-bond acceptors (Lipinski definition) is 3. The van der Waals surface area contributed by atoms with Gasteiger partial charge in [-0.25, -0.2) is 17.9 Å². The van der Waals surface area contributed by atoms with Gasteiger partial charge in [-0.2, -0.15) is 0 Å². The van der Waals surface area contributed by atoms with Gasteiger partial charge in [-0.1, -0.05) is 6.08 Å². The first-order chi connectivity index (χ1) is 10.0. The lowest BCUT2D eigenvalue weighted by molar-refractivity contribution is 0.222. The van der Waals surface area contributed by atoms with E-state index < -0.39 is 10.0 Å². The average molecular weight is 309 g/mol. The second-order valence-corrected chi connectivity index (χ2v) is 6.56. The monoisotopic (exact) mass is 309 g/mol. The van der Waals surface area contributed by atoms with Crippen LogP contribution in [0.2, 0.25) is 0 Å². The fourth-order valence-corrected chi connectivity index (χ4v) is 3.09. The first kappa shape index (κ1) is 15.5. The largest absolute Gasteiger partial charge is 0.325 e. The Morgan fingerprint density at radius 1 is 1.24 bits per heavy atom. The number of hydrogen-bond donors (Lipinski definition) is 2. The molecule has 1 heterocycles. The summed E-state index contributed by atoms with van der Waals surface area (Å²) in [7, 11) is -3.53. The molecule has 1 saturated heterocycles. The standard InChI is InChI=1S/C14H19N3O3S/c1-2-9-15-21(19,20)13-7-5-12(6-8-13)16-14(18)17-10-3-4-11-17/h2,5-8,15H,1,3-4,9-11H2,(H,16,18). The molecule has 1 aromatic rings. The Morgan fingerprint density at radius 2 is 1.86 bits per heavy atom. The Bertz CT molecular complexity index is 605. The van der Waals surface area contributed by atoms with Crippen LogP contribution in [0.4, 0.5) is 10.5 Å². The summed E-state index contributed by atoms with van der Waals surface area (Å²) >= 11 is 0. The lowest BCUT2D eigenvalue weighted by Gasteiger charge is -2.16. The summed E-state index contributed by atoms with van der Waals surface area (Å²) in [5, 5.41) is 2.76. The van der Waals surface area contributed by atoms with Crippen molar-refractivity contribution in [3.63, 3.8) is 0 Å². The molecule has 2 N–H and O–H groups in total. The summed E-state index contributed by atoms with van der Waals surface area (Å²) < 4.78 is 26.1. The normalized spacial score (nSPS) is 15.0. The molecule has 0 atom stereocenters. The number of nitrogens with one attached hydrogen (secondary N) is 2. The fourth-order valence-electron chi connectivity index (χ4n) is 2.09. The van der Waals surface area contributed by atoms with Crippen LogP contribution in [-0.4, -0.2) is 39.0 Å². The van der Waals surface area contributed by atoms with Gasteiger partial charge in [0.25, 0.3) is 0 Å². The maximum Gasteiger partial charge on any atom is 0.321 e. The van der Waals surface area contributed by atoms with Gasteiger partial charge >= 0.3 is 6.03 Å². The summed E-state index contributed by atoms with van der Waals surface area (Å²) in [5.74, 6) is 0. The lowest BCUT2D eigenvalue weighted by Crippen LogP contribution is -2.32. The highest BCUT2D eigenvalue weighted by Gasteiger charge is 2.18. The zero-order valence-corrected chi connectivity index (χ0v) is 12.5. The number of carbonyl (C=O) groups excluding carboxylic acids is 1. The van der Waals surface area contributed by atoms with Gasteiger partial charge in [0.05, 0.1) is 4.90 Å². The van der Waals surface area contributed by atoms with E-state index in [2.05, 4.69) is 16.6 Å². The fraction of sp³-hybridized carbons (Fsp3) is 0.357. The molecule has 0 aliphatic carbocycles. The summed E-state index contributed by atoms with van der Waals surface area (Å²) in [5.41, 5.74) is 0.578. The van der Waals surface area contributed by atoms with Crippen LogP contribution in [0, 0.1) is 0 Å². The van der Waals surface area contributed by atoms with E-state index in [9.17, 15) is 13.2 Å². The Hall–Kier alpha value is -1.86. The predicted molar refractivity (Wildman–Crippen MR) is 81.7 cm³/mol. The van der Waals surface area contributed by atoms with Crippen molar-refractivity contribution in [2.24, 2.45) is 0 Å². The van der Waals surface area contributed by atoms with Gasteiger partial charge in [0, 0.05) is 25.3 Å². The predicted octanol–water partition coefficient (Wildman–Crippen LogP) is 1.78. The van der Waals surface area contributed by atoms with Crippen molar-refractivity contribution < 1.29 is 13.2 Å². The molecule has 1 aliphatic rings. The molecule has 0 radical (unpaired) electrons. The molecule has 1 aliphatic heterocycles. The zero-order chi connectivity index (χ0) is 15.3. The summed E-state index contributed by atoms with van der Waals surface area (Å²) in [4.78, 5) is 13.8. The van der Waals surface area contributed by atoms with Gasteiger partial charge in [-0.05, 0) is 37.1 Å². The summed E-state index contributed by atoms with van der Waals surface area (Å²) in [6.45, 7) is 5.17. The van der Waals surface area contributed by atoms with E-state index in [4.69, 9.17) is 0 Å². The number of anilines is 1. The number of likely N-dealkylation sites (tertiary alicyclic amines) is 1. The quantitative estimate of drug-likeness (QED) is 0.814. The minimum atomic E-state index is -3.53. The van der Waals surface area contributed by atoms with Crippen LogP contribution < -0.4 is 10.0 Å². The van der Waals surface area contributed by atoms with Crippen LogP contribution >= 0.6 is 0 Å². The number of amides is 2. The molecule has 6 nitrogen and oxygen atoms in total. The second kappa shape index (κ2) is 6.73. The van der Waals surface area contributed by atoms with Crippen LogP contribution in [0.5, 0.6) is 0 Å². The van der Waals surface area contributed by atoms with Gasteiger partial charge in [-0.15, -0.1) is 6.58 Å². The van der Waals surface area contributed by atoms with Crippen molar-refractivity contribution in [3.05, 3.63) is 36.9 Å². The second-order valence-electron chi connectivity index (χ2n) is 4.79. The van der Waals surface area contributed by atoms with Gasteiger partial charge in [0.15, 0.2) is 0 Å². The van der Waals surface area contributed by atoms with Crippen LogP contribution in [0.3, 0.4) is 0 Å². The number of benzene rings is 1. The number of rotatable bonds is 5. The van der Waals surface area contributed by atoms with Crippen LogP contribution in [-0.2, 0) is 10.0 Å². The number of sulfonamides is 1. The van der Waals surface area contributed by atoms with Crippen LogP contribution in [0.25, 0.3) is 0 Å². The van der Waals surface area contributed by atoms with Crippen LogP contribution in [0.15, 0.2) is 41.8 Å². The van der Waals surface area contributed by atoms with Crippen LogP contribution in [0.1, 0.15) is 12.8 Å². The van der Waals surface area contributed by atoms with Gasteiger partial charge in [-0.3, -0.25) is 0 Å². The average Bonchev–Trinajstić information content (AvgIpc) is 3.00. The third kappa shape index (κ3) is 4.05. The topological polar surface area (TPSA) is 78.5 Å². The van der Waals surface area contributed by atoms with Crippen molar-refractivity contribution in [2.45, 2.75) is 17.7 Å². The zero-order valence-electron chi connectivity index (χ0n) is 11.7. The maximum atomic E-state index is 11.9. The minimum Gasteiger partial charge on any atom is -0.325 e. The van der Waals surface area contributed by atoms with Crippen molar-refractivity contribution in [3.8, 4) is 0 Å². The molecule has 0 unspecified atom stereocenters. The molecule has 0 saturated carbocycles. The molecular formula is C14H19N3O3S. The molecule has 2 amide bonds. The molecule has 0 aromatic heterocycles. The van der Waals surface area contributed by atoms with Crippen molar-refractivity contribution >= 4 is 21.7 Å². The van der Waals surface area contributed by atoms with Crippen molar-refractivity contribution in [2.75, 3.05) is 25.0 Å². The first-order valence-corrected chi connectivity index (χ1v) is 8.28. The molecular weight excluding hydrogens is 290 g/mol. The highest BCUT2D eigenvalue weighted by atomic mass is 32.2. The van der Waals surface area contributed by atoms with Gasteiger partial charge < -0.3 is 10.2 Å². The van der Waals surface area contributed by atoms with E-state index in [1.807, 2.05) is 0 Å². The molecule has 0 spiro atoms. The highest BCUT2D eigenvalue weighted by molar-refractivity contribution is 7.89. The highest BCUT2D eigenvalue weighted by Crippen LogP contribution is 2.15. The van der Waals surface area contributed by atoms with E-state index in [0.29, 0.717) is 5.69 Å². The van der Waals surface area contributed by atoms with E-state index in [1.165, 1.54) is 18.2 Å². The van der Waals surface area contributed by atoms with E-state index in [-0.39, 0.29) is 17.5 Å². The van der Waals surface area contributed by atoms with Crippen molar-refractivity contribution in [1.82, 2.24) is 9.62 Å².